The van der Waals surface area contributed by atoms with Crippen LogP contribution in [0.15, 0.2) is 48.5 Å². The lowest BCUT2D eigenvalue weighted by Crippen LogP contribution is -2.45. The van der Waals surface area contributed by atoms with Gasteiger partial charge in [0, 0.05) is 11.7 Å². The average molecular weight is 432 g/mol. The van der Waals surface area contributed by atoms with Crippen LogP contribution in [0.5, 0.6) is 0 Å². The van der Waals surface area contributed by atoms with Crippen molar-refractivity contribution in [2.75, 3.05) is 5.32 Å². The first-order valence-corrected chi connectivity index (χ1v) is 10.7. The summed E-state index contributed by atoms with van der Waals surface area (Å²) >= 11 is 0. The van der Waals surface area contributed by atoms with Crippen molar-refractivity contribution in [1.29, 1.82) is 0 Å². The van der Waals surface area contributed by atoms with Crippen LogP contribution in [0.2, 0.25) is 0 Å². The van der Waals surface area contributed by atoms with Gasteiger partial charge in [-0.1, -0.05) is 44.2 Å². The molecule has 1 fully saturated rings. The Bertz CT molecular complexity index is 946. The van der Waals surface area contributed by atoms with Gasteiger partial charge in [-0.3, -0.25) is 4.79 Å². The molecule has 2 aromatic carbocycles. The lowest BCUT2D eigenvalue weighted by Gasteiger charge is -2.38. The van der Waals surface area contributed by atoms with Gasteiger partial charge in [0.2, 0.25) is 0 Å². The molecule has 1 aliphatic carbocycles. The number of alkyl halides is 3. The van der Waals surface area contributed by atoms with E-state index in [1.165, 1.54) is 12.1 Å². The maximum atomic E-state index is 13.4. The van der Waals surface area contributed by atoms with Gasteiger partial charge in [-0.15, -0.1) is 0 Å². The van der Waals surface area contributed by atoms with E-state index in [0.717, 1.165) is 17.3 Å². The van der Waals surface area contributed by atoms with Gasteiger partial charge >= 0.3 is 12.1 Å². The Labute approximate surface area is 179 Å². The zero-order valence-corrected chi connectivity index (χ0v) is 17.5. The van der Waals surface area contributed by atoms with Crippen LogP contribution >= 0.6 is 0 Å². The number of carbonyl (C=O) groups is 1. The Morgan fingerprint density at radius 2 is 1.84 bits per heavy atom. The highest BCUT2D eigenvalue weighted by Gasteiger charge is 2.46. The summed E-state index contributed by atoms with van der Waals surface area (Å²) in [4.78, 5) is 11.7. The molecule has 0 bridgehead atoms. The van der Waals surface area contributed by atoms with Gasteiger partial charge in [0.05, 0.1) is 11.6 Å². The minimum Gasteiger partial charge on any atom is -0.480 e. The first kappa shape index (κ1) is 21.7. The fourth-order valence-corrected chi connectivity index (χ4v) is 5.18. The zero-order chi connectivity index (χ0) is 22.3. The second-order valence-electron chi connectivity index (χ2n) is 9.00. The topological polar surface area (TPSA) is 61.4 Å². The standard InChI is InChI=1S/C24H27F3N2O2/c1-13(2)21(23(30)31)28-16-11-17-18-10-15(24(25,26)27)8-9-20(18)29-22(19(17)12-16)14-6-4-3-5-7-14/h3-10,13,16-17,19,21-22,28-29H,11-12H2,1-2H3,(H,30,31)/t16-,17+,19+,21?,22-/m0/s1. The fraction of sp³-hybridized carbons (Fsp3) is 0.458. The number of rotatable bonds is 5. The predicted molar refractivity (Wildman–Crippen MR) is 113 cm³/mol. The molecule has 31 heavy (non-hydrogen) atoms. The summed E-state index contributed by atoms with van der Waals surface area (Å²) in [5.74, 6) is -1.00. The molecule has 0 aromatic heterocycles. The third-order valence-electron chi connectivity index (χ3n) is 6.64. The lowest BCUT2D eigenvalue weighted by molar-refractivity contribution is -0.141. The van der Waals surface area contributed by atoms with Crippen LogP contribution in [-0.2, 0) is 11.0 Å². The van der Waals surface area contributed by atoms with E-state index in [9.17, 15) is 23.1 Å². The Morgan fingerprint density at radius 3 is 2.45 bits per heavy atom. The minimum atomic E-state index is -4.40. The summed E-state index contributed by atoms with van der Waals surface area (Å²) in [6, 6.07) is 13.0. The first-order valence-electron chi connectivity index (χ1n) is 10.7. The van der Waals surface area contributed by atoms with Crippen molar-refractivity contribution in [2.45, 2.75) is 56.9 Å². The van der Waals surface area contributed by atoms with Gasteiger partial charge in [-0.05, 0) is 59.9 Å². The molecule has 4 nitrogen and oxygen atoms in total. The summed E-state index contributed by atoms with van der Waals surface area (Å²) in [5, 5.41) is 16.3. The number of hydrogen-bond acceptors (Lipinski definition) is 3. The van der Waals surface area contributed by atoms with E-state index in [0.29, 0.717) is 18.4 Å². The van der Waals surface area contributed by atoms with Crippen LogP contribution in [0, 0.1) is 11.8 Å². The highest BCUT2D eigenvalue weighted by Crippen LogP contribution is 2.53. The molecular formula is C24H27F3N2O2. The summed E-state index contributed by atoms with van der Waals surface area (Å²) in [6.45, 7) is 3.71. The van der Waals surface area contributed by atoms with Crippen LogP contribution < -0.4 is 10.6 Å². The second-order valence-corrected chi connectivity index (χ2v) is 9.00. The first-order chi connectivity index (χ1) is 14.6. The van der Waals surface area contributed by atoms with Crippen LogP contribution in [0.1, 0.15) is 55.3 Å². The Balaban J connectivity index is 1.70. The molecule has 0 amide bonds. The third kappa shape index (κ3) is 4.28. The van der Waals surface area contributed by atoms with Gasteiger partial charge in [0.1, 0.15) is 6.04 Å². The normalized spacial score (nSPS) is 26.1. The average Bonchev–Trinajstić information content (AvgIpc) is 3.14. The molecule has 2 aliphatic rings. The number of benzene rings is 2. The highest BCUT2D eigenvalue weighted by molar-refractivity contribution is 5.73. The molecule has 166 valence electrons. The van der Waals surface area contributed by atoms with E-state index in [1.54, 1.807) is 0 Å². The number of hydrogen-bond donors (Lipinski definition) is 3. The van der Waals surface area contributed by atoms with Crippen LogP contribution in [0.4, 0.5) is 18.9 Å². The minimum absolute atomic E-state index is 0.0374. The zero-order valence-electron chi connectivity index (χ0n) is 17.5. The molecule has 0 radical (unpaired) electrons. The number of anilines is 1. The van der Waals surface area contributed by atoms with Gasteiger partial charge in [-0.25, -0.2) is 0 Å². The Kier molecular flexibility index (Phi) is 5.73. The molecule has 1 heterocycles. The van der Waals surface area contributed by atoms with Crippen molar-refractivity contribution >= 4 is 11.7 Å². The molecule has 5 atom stereocenters. The quantitative estimate of drug-likeness (QED) is 0.589. The summed E-state index contributed by atoms with van der Waals surface area (Å²) in [7, 11) is 0. The van der Waals surface area contributed by atoms with Crippen molar-refractivity contribution in [2.24, 2.45) is 11.8 Å². The molecule has 7 heteroatoms. The van der Waals surface area contributed by atoms with E-state index in [2.05, 4.69) is 10.6 Å². The molecule has 1 aliphatic heterocycles. The Morgan fingerprint density at radius 1 is 1.13 bits per heavy atom. The van der Waals surface area contributed by atoms with Crippen molar-refractivity contribution in [1.82, 2.24) is 5.32 Å². The maximum absolute atomic E-state index is 13.4. The van der Waals surface area contributed by atoms with E-state index in [-0.39, 0.29) is 29.8 Å². The molecule has 2 aromatic rings. The number of aliphatic carboxylic acids is 1. The SMILES string of the molecule is CC(C)C(N[C@@H]1C[C@@H]2[C@H](C1)c1cc(C(F)(F)F)ccc1N[C@H]2c1ccccc1)C(=O)O. The molecule has 0 spiro atoms. The molecular weight excluding hydrogens is 405 g/mol. The second kappa shape index (κ2) is 8.19. The van der Waals surface area contributed by atoms with Crippen LogP contribution in [0.3, 0.4) is 0 Å². The van der Waals surface area contributed by atoms with E-state index in [1.807, 2.05) is 44.2 Å². The smallest absolute Gasteiger partial charge is 0.416 e. The van der Waals surface area contributed by atoms with E-state index < -0.39 is 23.8 Å². The summed E-state index contributed by atoms with van der Waals surface area (Å²) in [5.41, 5.74) is 1.84. The third-order valence-corrected chi connectivity index (χ3v) is 6.64. The lowest BCUT2D eigenvalue weighted by atomic mass is 9.77. The molecule has 3 N–H and O–H groups in total. The Hall–Kier alpha value is -2.54. The van der Waals surface area contributed by atoms with E-state index in [4.69, 9.17) is 0 Å². The molecule has 1 unspecified atom stereocenters. The van der Waals surface area contributed by atoms with Gasteiger partial charge < -0.3 is 15.7 Å². The maximum Gasteiger partial charge on any atom is 0.416 e. The largest absolute Gasteiger partial charge is 0.480 e. The number of halogens is 3. The van der Waals surface area contributed by atoms with Gasteiger partial charge in [-0.2, -0.15) is 13.2 Å². The monoisotopic (exact) mass is 432 g/mol. The molecule has 0 saturated heterocycles. The van der Waals surface area contributed by atoms with Crippen molar-refractivity contribution in [3.05, 3.63) is 65.2 Å². The van der Waals surface area contributed by atoms with Crippen LogP contribution in [-0.4, -0.2) is 23.2 Å². The van der Waals surface area contributed by atoms with Crippen LogP contribution in [0.25, 0.3) is 0 Å². The molecule has 1 saturated carbocycles. The predicted octanol–water partition coefficient (Wildman–Crippen LogP) is 5.43. The summed E-state index contributed by atoms with van der Waals surface area (Å²) in [6.07, 6.45) is -3.09. The van der Waals surface area contributed by atoms with Crippen molar-refractivity contribution < 1.29 is 23.1 Å². The molecule has 4 rings (SSSR count). The fourth-order valence-electron chi connectivity index (χ4n) is 5.18. The van der Waals surface area contributed by atoms with Crippen molar-refractivity contribution in [3.8, 4) is 0 Å². The summed E-state index contributed by atoms with van der Waals surface area (Å²) < 4.78 is 40.1. The van der Waals surface area contributed by atoms with Crippen molar-refractivity contribution in [3.63, 3.8) is 0 Å². The number of nitrogens with one attached hydrogen (secondary N) is 2. The van der Waals surface area contributed by atoms with Gasteiger partial charge in [0.15, 0.2) is 0 Å². The van der Waals surface area contributed by atoms with E-state index >= 15 is 0 Å². The van der Waals surface area contributed by atoms with Gasteiger partial charge in [0.25, 0.3) is 0 Å². The number of carboxylic acids is 1. The highest BCUT2D eigenvalue weighted by atomic mass is 19.4. The number of fused-ring (bicyclic) bond motifs is 3. The number of carboxylic acid groups (broad SMARTS) is 1.